The molecule has 0 bridgehead atoms. The summed E-state index contributed by atoms with van der Waals surface area (Å²) in [5.74, 6) is -0.837. The van der Waals surface area contributed by atoms with Crippen LogP contribution in [0.15, 0.2) is 35.7 Å². The van der Waals surface area contributed by atoms with Gasteiger partial charge in [-0.1, -0.05) is 6.08 Å². The van der Waals surface area contributed by atoms with Crippen molar-refractivity contribution in [3.63, 3.8) is 0 Å². The smallest absolute Gasteiger partial charge is 0.241 e. The lowest BCUT2D eigenvalue weighted by atomic mass is 10.1. The summed E-state index contributed by atoms with van der Waals surface area (Å²) in [7, 11) is 0. The van der Waals surface area contributed by atoms with Crippen molar-refractivity contribution in [3.8, 4) is 5.75 Å². The third-order valence-corrected chi connectivity index (χ3v) is 2.78. The van der Waals surface area contributed by atoms with Crippen LogP contribution in [0, 0.1) is 5.92 Å². The van der Waals surface area contributed by atoms with E-state index < -0.39 is 5.92 Å². The standard InChI is InChI=1S/C12H11NO3S/c14-10-3-1-9(2-4-10)13-11(15)7-8(5-6-17)12(13)16/h1-6,8,14,17H,7H2/b6-5+. The summed E-state index contributed by atoms with van der Waals surface area (Å²) < 4.78 is 0. The largest absolute Gasteiger partial charge is 0.508 e. The van der Waals surface area contributed by atoms with Crippen LogP contribution in [0.3, 0.4) is 0 Å². The zero-order valence-corrected chi connectivity index (χ0v) is 9.80. The van der Waals surface area contributed by atoms with Crippen LogP contribution in [0.1, 0.15) is 6.42 Å². The summed E-state index contributed by atoms with van der Waals surface area (Å²) in [4.78, 5) is 24.8. The number of imide groups is 1. The number of hydrogen-bond donors (Lipinski definition) is 2. The molecule has 1 aliphatic heterocycles. The predicted molar refractivity (Wildman–Crippen MR) is 66.8 cm³/mol. The molecular weight excluding hydrogens is 238 g/mol. The van der Waals surface area contributed by atoms with Gasteiger partial charge in [0.1, 0.15) is 5.75 Å². The zero-order chi connectivity index (χ0) is 12.4. The molecule has 1 heterocycles. The molecule has 1 unspecified atom stereocenters. The normalized spacial score (nSPS) is 20.5. The maximum atomic E-state index is 11.9. The van der Waals surface area contributed by atoms with E-state index in [1.165, 1.54) is 29.7 Å². The number of aromatic hydroxyl groups is 1. The molecule has 88 valence electrons. The molecule has 0 saturated carbocycles. The fraction of sp³-hybridized carbons (Fsp3) is 0.167. The van der Waals surface area contributed by atoms with Gasteiger partial charge in [-0.3, -0.25) is 14.5 Å². The molecule has 0 spiro atoms. The van der Waals surface area contributed by atoms with E-state index in [9.17, 15) is 9.59 Å². The lowest BCUT2D eigenvalue weighted by Gasteiger charge is -2.14. The molecule has 2 amide bonds. The second-order valence-corrected chi connectivity index (χ2v) is 4.03. The van der Waals surface area contributed by atoms with Gasteiger partial charge in [0.05, 0.1) is 11.6 Å². The number of carbonyl (C=O) groups is 2. The fourth-order valence-corrected chi connectivity index (χ4v) is 1.99. The molecule has 2 rings (SSSR count). The summed E-state index contributed by atoms with van der Waals surface area (Å²) >= 11 is 3.90. The van der Waals surface area contributed by atoms with Crippen LogP contribution < -0.4 is 4.90 Å². The van der Waals surface area contributed by atoms with Crippen LogP contribution in [-0.2, 0) is 9.59 Å². The van der Waals surface area contributed by atoms with Crippen molar-refractivity contribution < 1.29 is 14.7 Å². The van der Waals surface area contributed by atoms with Gasteiger partial charge >= 0.3 is 0 Å². The van der Waals surface area contributed by atoms with E-state index >= 15 is 0 Å². The molecule has 1 N–H and O–H groups in total. The van der Waals surface area contributed by atoms with Gasteiger partial charge in [0.15, 0.2) is 0 Å². The Bertz CT molecular complexity index is 481. The van der Waals surface area contributed by atoms with Gasteiger partial charge in [-0.25, -0.2) is 0 Å². The SMILES string of the molecule is O=C1CC(/C=C/S)C(=O)N1c1ccc(O)cc1. The number of rotatable bonds is 2. The number of amides is 2. The molecule has 4 nitrogen and oxygen atoms in total. The molecule has 1 atom stereocenters. The van der Waals surface area contributed by atoms with E-state index in [1.54, 1.807) is 6.08 Å². The quantitative estimate of drug-likeness (QED) is 0.619. The number of benzene rings is 1. The highest BCUT2D eigenvalue weighted by molar-refractivity contribution is 7.83. The highest BCUT2D eigenvalue weighted by Gasteiger charge is 2.37. The molecule has 1 saturated heterocycles. The third kappa shape index (κ3) is 2.19. The minimum atomic E-state index is -0.436. The summed E-state index contributed by atoms with van der Waals surface area (Å²) in [6.07, 6.45) is 1.76. The third-order valence-electron chi connectivity index (χ3n) is 2.61. The first-order chi connectivity index (χ1) is 8.13. The molecule has 1 aliphatic rings. The van der Waals surface area contributed by atoms with Gasteiger partial charge in [-0.2, -0.15) is 12.6 Å². The molecule has 1 aromatic carbocycles. The van der Waals surface area contributed by atoms with Crippen molar-refractivity contribution in [2.45, 2.75) is 6.42 Å². The number of thiol groups is 1. The van der Waals surface area contributed by atoms with Crippen LogP contribution in [0.4, 0.5) is 5.69 Å². The minimum Gasteiger partial charge on any atom is -0.508 e. The molecule has 0 radical (unpaired) electrons. The van der Waals surface area contributed by atoms with E-state index in [0.717, 1.165) is 4.90 Å². The highest BCUT2D eigenvalue weighted by Crippen LogP contribution is 2.28. The van der Waals surface area contributed by atoms with E-state index in [4.69, 9.17) is 5.11 Å². The summed E-state index contributed by atoms with van der Waals surface area (Å²) in [6.45, 7) is 0. The Morgan fingerprint density at radius 3 is 2.53 bits per heavy atom. The fourth-order valence-electron chi connectivity index (χ4n) is 1.78. The lowest BCUT2D eigenvalue weighted by Crippen LogP contribution is -2.29. The first-order valence-electron chi connectivity index (χ1n) is 5.10. The van der Waals surface area contributed by atoms with Crippen molar-refractivity contribution >= 4 is 30.1 Å². The van der Waals surface area contributed by atoms with Gasteiger partial charge in [0.2, 0.25) is 11.8 Å². The number of nitrogens with zero attached hydrogens (tertiary/aromatic N) is 1. The molecule has 1 aromatic rings. The van der Waals surface area contributed by atoms with Crippen molar-refractivity contribution in [1.82, 2.24) is 0 Å². The second-order valence-electron chi connectivity index (χ2n) is 3.74. The number of phenolic OH excluding ortho intramolecular Hbond substituents is 1. The lowest BCUT2D eigenvalue weighted by molar-refractivity contribution is -0.121. The Kier molecular flexibility index (Phi) is 3.19. The first kappa shape index (κ1) is 11.7. The highest BCUT2D eigenvalue weighted by atomic mass is 32.1. The average Bonchev–Trinajstić information content (AvgIpc) is 2.57. The van der Waals surface area contributed by atoms with Gasteiger partial charge in [-0.15, -0.1) is 0 Å². The van der Waals surface area contributed by atoms with Crippen molar-refractivity contribution in [2.24, 2.45) is 5.92 Å². The van der Waals surface area contributed by atoms with E-state index in [1.807, 2.05) is 0 Å². The van der Waals surface area contributed by atoms with Crippen LogP contribution in [-0.4, -0.2) is 16.9 Å². The van der Waals surface area contributed by atoms with Crippen LogP contribution in [0.5, 0.6) is 5.75 Å². The Morgan fingerprint density at radius 2 is 1.94 bits per heavy atom. The molecule has 17 heavy (non-hydrogen) atoms. The minimum absolute atomic E-state index is 0.0969. The van der Waals surface area contributed by atoms with Crippen LogP contribution in [0.25, 0.3) is 0 Å². The first-order valence-corrected chi connectivity index (χ1v) is 5.62. The Hall–Kier alpha value is -1.75. The summed E-state index contributed by atoms with van der Waals surface area (Å²) in [5, 5.41) is 10.6. The average molecular weight is 249 g/mol. The maximum absolute atomic E-state index is 11.9. The monoisotopic (exact) mass is 249 g/mol. The summed E-state index contributed by atoms with van der Waals surface area (Å²) in [6, 6.07) is 5.96. The molecule has 1 fully saturated rings. The Morgan fingerprint density at radius 1 is 1.29 bits per heavy atom. The molecular formula is C12H11NO3S. The number of phenols is 1. The molecule has 0 aliphatic carbocycles. The van der Waals surface area contributed by atoms with Crippen LogP contribution >= 0.6 is 12.6 Å². The van der Waals surface area contributed by atoms with Gasteiger partial charge < -0.3 is 5.11 Å². The van der Waals surface area contributed by atoms with Gasteiger partial charge in [-0.05, 0) is 29.7 Å². The number of hydrogen-bond acceptors (Lipinski definition) is 4. The second kappa shape index (κ2) is 4.63. The Labute approximate surface area is 104 Å². The maximum Gasteiger partial charge on any atom is 0.241 e. The molecule has 5 heteroatoms. The predicted octanol–water partition coefficient (Wildman–Crippen LogP) is 1.72. The van der Waals surface area contributed by atoms with Crippen LogP contribution in [0.2, 0.25) is 0 Å². The zero-order valence-electron chi connectivity index (χ0n) is 8.91. The van der Waals surface area contributed by atoms with Crippen molar-refractivity contribution in [2.75, 3.05) is 4.90 Å². The summed E-state index contributed by atoms with van der Waals surface area (Å²) in [5.41, 5.74) is 0.480. The van der Waals surface area contributed by atoms with E-state index in [-0.39, 0.29) is 24.0 Å². The van der Waals surface area contributed by atoms with Gasteiger partial charge in [0, 0.05) is 6.42 Å². The number of anilines is 1. The van der Waals surface area contributed by atoms with E-state index in [0.29, 0.717) is 5.69 Å². The number of carbonyl (C=O) groups excluding carboxylic acids is 2. The van der Waals surface area contributed by atoms with Crippen molar-refractivity contribution in [3.05, 3.63) is 35.7 Å². The van der Waals surface area contributed by atoms with E-state index in [2.05, 4.69) is 12.6 Å². The van der Waals surface area contributed by atoms with Gasteiger partial charge in [0.25, 0.3) is 0 Å². The topological polar surface area (TPSA) is 57.6 Å². The molecule has 0 aromatic heterocycles. The Balaban J connectivity index is 2.30. The van der Waals surface area contributed by atoms with Crippen molar-refractivity contribution in [1.29, 1.82) is 0 Å².